The predicted octanol–water partition coefficient (Wildman–Crippen LogP) is 10.8. The molecule has 2 aromatic heterocycles. The number of benzene rings is 7. The summed E-state index contributed by atoms with van der Waals surface area (Å²) in [6, 6.07) is 57.7. The van der Waals surface area contributed by atoms with E-state index in [2.05, 4.69) is 167 Å². The van der Waals surface area contributed by atoms with Crippen LogP contribution in [0.25, 0.3) is 57.6 Å². The standard InChI is InChI=1S/C40H26N2Se/c1-2-12-29(13-3-1)42-37-16-8-6-14-33(37)34-22-20-31(25-38(34)42)41(30-19-18-27-10-4-5-11-28(27)24-30)32-21-23-36-35-15-7-9-17-39(35)43-40(36)26-32/h1-26H. The summed E-state index contributed by atoms with van der Waals surface area (Å²) in [7, 11) is 0. The predicted molar refractivity (Wildman–Crippen MR) is 185 cm³/mol. The molecule has 7 aromatic carbocycles. The van der Waals surface area contributed by atoms with Crippen LogP contribution < -0.4 is 4.90 Å². The van der Waals surface area contributed by atoms with Gasteiger partial charge in [0.25, 0.3) is 0 Å². The summed E-state index contributed by atoms with van der Waals surface area (Å²) in [6.07, 6.45) is 0. The molecule has 0 spiro atoms. The maximum absolute atomic E-state index is 2.43. The number of rotatable bonds is 4. The van der Waals surface area contributed by atoms with Crippen LogP contribution in [-0.2, 0) is 0 Å². The Hall–Kier alpha value is -5.08. The third-order valence-corrected chi connectivity index (χ3v) is 10.9. The molecule has 0 atom stereocenters. The van der Waals surface area contributed by atoms with E-state index in [1.807, 2.05) is 0 Å². The van der Waals surface area contributed by atoms with E-state index in [4.69, 9.17) is 0 Å². The molecule has 0 unspecified atom stereocenters. The fraction of sp³-hybridized carbons (Fsp3) is 0. The Balaban J connectivity index is 1.32. The fourth-order valence-corrected chi connectivity index (χ4v) is 8.96. The summed E-state index contributed by atoms with van der Waals surface area (Å²) in [5, 5.41) is 7.77. The molecule has 0 radical (unpaired) electrons. The van der Waals surface area contributed by atoms with Crippen LogP contribution in [0.1, 0.15) is 0 Å². The molecule has 9 aromatic rings. The van der Waals surface area contributed by atoms with Gasteiger partial charge >= 0.3 is 256 Å². The quantitative estimate of drug-likeness (QED) is 0.179. The van der Waals surface area contributed by atoms with Gasteiger partial charge < -0.3 is 0 Å². The van der Waals surface area contributed by atoms with E-state index in [9.17, 15) is 0 Å². The van der Waals surface area contributed by atoms with E-state index in [-0.39, 0.29) is 0 Å². The van der Waals surface area contributed by atoms with Crippen molar-refractivity contribution in [1.29, 1.82) is 0 Å². The summed E-state index contributed by atoms with van der Waals surface area (Å²) in [6.45, 7) is 0. The van der Waals surface area contributed by atoms with Crippen LogP contribution >= 0.6 is 0 Å². The monoisotopic (exact) mass is 614 g/mol. The SMILES string of the molecule is c1ccc(-n2c3ccccc3c3ccc(N(c4ccc5ccccc5c4)c4ccc5c(c4)[se]c4ccccc45)cc32)cc1. The molecule has 0 bridgehead atoms. The van der Waals surface area contributed by atoms with Crippen LogP contribution in [-0.4, -0.2) is 19.1 Å². The van der Waals surface area contributed by atoms with Crippen LogP contribution in [0.5, 0.6) is 0 Å². The van der Waals surface area contributed by atoms with Crippen molar-refractivity contribution in [3.8, 4) is 5.69 Å². The fourth-order valence-electron chi connectivity index (χ4n) is 6.57. The Morgan fingerprint density at radius 1 is 0.395 bits per heavy atom. The number of para-hydroxylation sites is 2. The first-order valence-electron chi connectivity index (χ1n) is 14.6. The third kappa shape index (κ3) is 3.94. The molecule has 2 heterocycles. The number of nitrogens with zero attached hydrogens (tertiary/aromatic N) is 2. The summed E-state index contributed by atoms with van der Waals surface area (Å²) >= 11 is 0.292. The van der Waals surface area contributed by atoms with Crippen molar-refractivity contribution in [3.05, 3.63) is 158 Å². The van der Waals surface area contributed by atoms with Crippen LogP contribution in [0.4, 0.5) is 17.1 Å². The van der Waals surface area contributed by atoms with Gasteiger partial charge in [-0.3, -0.25) is 0 Å². The van der Waals surface area contributed by atoms with Crippen molar-refractivity contribution in [2.75, 3.05) is 4.90 Å². The molecule has 0 amide bonds. The van der Waals surface area contributed by atoms with Gasteiger partial charge in [-0.2, -0.15) is 0 Å². The number of aromatic nitrogens is 1. The van der Waals surface area contributed by atoms with Gasteiger partial charge in [0.1, 0.15) is 0 Å². The summed E-state index contributed by atoms with van der Waals surface area (Å²) < 4.78 is 5.31. The first-order valence-corrected chi connectivity index (χ1v) is 16.3. The molecule has 0 aliphatic carbocycles. The Kier molecular flexibility index (Phi) is 5.55. The second-order valence-corrected chi connectivity index (χ2v) is 13.3. The van der Waals surface area contributed by atoms with Crippen molar-refractivity contribution in [3.63, 3.8) is 0 Å². The third-order valence-electron chi connectivity index (χ3n) is 8.54. The molecule has 9 rings (SSSR count). The van der Waals surface area contributed by atoms with Crippen molar-refractivity contribution >= 4 is 83.4 Å². The van der Waals surface area contributed by atoms with Crippen molar-refractivity contribution in [2.45, 2.75) is 0 Å². The zero-order valence-corrected chi connectivity index (χ0v) is 25.0. The van der Waals surface area contributed by atoms with Gasteiger partial charge in [0.15, 0.2) is 0 Å². The first-order chi connectivity index (χ1) is 21.3. The van der Waals surface area contributed by atoms with Crippen LogP contribution in [0, 0.1) is 0 Å². The van der Waals surface area contributed by atoms with E-state index in [1.165, 1.54) is 63.2 Å². The zero-order valence-electron chi connectivity index (χ0n) is 23.3. The van der Waals surface area contributed by atoms with Crippen molar-refractivity contribution < 1.29 is 0 Å². The van der Waals surface area contributed by atoms with E-state index < -0.39 is 0 Å². The minimum atomic E-state index is 0.292. The maximum atomic E-state index is 2.43. The second-order valence-electron chi connectivity index (χ2n) is 11.0. The normalized spacial score (nSPS) is 11.7. The average Bonchev–Trinajstić information content (AvgIpc) is 3.60. The number of anilines is 3. The van der Waals surface area contributed by atoms with Gasteiger partial charge in [-0.1, -0.05) is 0 Å². The van der Waals surface area contributed by atoms with Crippen molar-refractivity contribution in [2.24, 2.45) is 0 Å². The molecule has 3 heteroatoms. The molecule has 43 heavy (non-hydrogen) atoms. The molecule has 202 valence electrons. The summed E-state index contributed by atoms with van der Waals surface area (Å²) in [4.78, 5) is 2.43. The summed E-state index contributed by atoms with van der Waals surface area (Å²) in [5.41, 5.74) is 7.07. The number of hydrogen-bond donors (Lipinski definition) is 0. The molecule has 0 fully saturated rings. The molecular weight excluding hydrogens is 587 g/mol. The number of fused-ring (bicyclic) bond motifs is 7. The Bertz CT molecular complexity index is 2470. The summed E-state index contributed by atoms with van der Waals surface area (Å²) in [5.74, 6) is 0. The van der Waals surface area contributed by atoms with E-state index in [0.717, 1.165) is 11.4 Å². The molecule has 0 saturated heterocycles. The van der Waals surface area contributed by atoms with Crippen LogP contribution in [0.15, 0.2) is 158 Å². The molecule has 0 aliphatic rings. The van der Waals surface area contributed by atoms with E-state index in [0.29, 0.717) is 14.5 Å². The Labute approximate surface area is 255 Å². The first kappa shape index (κ1) is 24.5. The van der Waals surface area contributed by atoms with E-state index >= 15 is 0 Å². The topological polar surface area (TPSA) is 8.17 Å². The van der Waals surface area contributed by atoms with Gasteiger partial charge in [0.2, 0.25) is 0 Å². The van der Waals surface area contributed by atoms with Gasteiger partial charge in [0.05, 0.1) is 0 Å². The molecule has 0 N–H and O–H groups in total. The molecular formula is C40H26N2Se. The van der Waals surface area contributed by atoms with Crippen molar-refractivity contribution in [1.82, 2.24) is 4.57 Å². The second kappa shape index (κ2) is 9.74. The van der Waals surface area contributed by atoms with E-state index in [1.54, 1.807) is 0 Å². The Morgan fingerprint density at radius 3 is 1.88 bits per heavy atom. The van der Waals surface area contributed by atoms with Gasteiger partial charge in [-0.05, 0) is 0 Å². The van der Waals surface area contributed by atoms with Gasteiger partial charge in [-0.15, -0.1) is 0 Å². The van der Waals surface area contributed by atoms with Crippen LogP contribution in [0.3, 0.4) is 0 Å². The van der Waals surface area contributed by atoms with Gasteiger partial charge in [-0.25, -0.2) is 0 Å². The molecule has 0 aliphatic heterocycles. The minimum absolute atomic E-state index is 0.292. The zero-order chi connectivity index (χ0) is 28.3. The average molecular weight is 614 g/mol. The molecule has 2 nitrogen and oxygen atoms in total. The number of hydrogen-bond acceptors (Lipinski definition) is 1. The Morgan fingerprint density at radius 2 is 1.00 bits per heavy atom. The van der Waals surface area contributed by atoms with Crippen LogP contribution in [0.2, 0.25) is 0 Å². The van der Waals surface area contributed by atoms with Gasteiger partial charge in [0, 0.05) is 0 Å². The molecule has 0 saturated carbocycles.